The van der Waals surface area contributed by atoms with Crippen molar-refractivity contribution in [1.82, 2.24) is 9.80 Å². The van der Waals surface area contributed by atoms with E-state index in [1.165, 1.54) is 12.1 Å². The molecular weight excluding hydrogens is 445 g/mol. The molecule has 7 heteroatoms. The van der Waals surface area contributed by atoms with Gasteiger partial charge in [-0.1, -0.05) is 30.3 Å². The Labute approximate surface area is 203 Å². The molecule has 0 aliphatic carbocycles. The highest BCUT2D eigenvalue weighted by Gasteiger charge is 2.21. The Morgan fingerprint density at radius 1 is 0.971 bits per heavy atom. The molecule has 0 atom stereocenters. The summed E-state index contributed by atoms with van der Waals surface area (Å²) in [6.45, 7) is 3.63. The van der Waals surface area contributed by atoms with Crippen LogP contribution in [0.4, 0.5) is 14.9 Å². The van der Waals surface area contributed by atoms with Crippen LogP contribution in [0.15, 0.2) is 77.2 Å². The fraction of sp³-hybridized carbons (Fsp3) is 0.250. The van der Waals surface area contributed by atoms with Crippen LogP contribution in [0.25, 0.3) is 22.1 Å². The number of hydrogen-bond acceptors (Lipinski definition) is 4. The molecule has 2 heterocycles. The summed E-state index contributed by atoms with van der Waals surface area (Å²) in [4.78, 5) is 17.0. The van der Waals surface area contributed by atoms with Gasteiger partial charge in [0.1, 0.15) is 22.9 Å². The van der Waals surface area contributed by atoms with Crippen LogP contribution < -0.4 is 10.1 Å². The molecule has 0 bridgehead atoms. The molecule has 1 aliphatic rings. The number of para-hydroxylation sites is 2. The number of hydrogen-bond donors (Lipinski definition) is 1. The molecule has 3 aromatic carbocycles. The maximum atomic E-state index is 13.6. The first-order valence-corrected chi connectivity index (χ1v) is 11.8. The van der Waals surface area contributed by atoms with Gasteiger partial charge in [0.2, 0.25) is 0 Å². The molecule has 0 spiro atoms. The number of benzene rings is 3. The van der Waals surface area contributed by atoms with Crippen LogP contribution >= 0.6 is 0 Å². The largest absolute Gasteiger partial charge is 0.495 e. The van der Waals surface area contributed by atoms with Gasteiger partial charge in [-0.3, -0.25) is 4.90 Å². The fourth-order valence-corrected chi connectivity index (χ4v) is 4.52. The standard InChI is InChI=1S/C28H28FN3O3/c1-34-27-9-3-2-8-25(27)30-28(33)32-13-5-12-31(14-15-32)19-24-18-22-16-21(10-11-26(22)35-24)20-6-4-7-23(29)17-20/h2-4,6-11,16-18H,5,12-15,19H2,1H3,(H,30,33). The molecular formula is C28H28FN3O3. The third-order valence-corrected chi connectivity index (χ3v) is 6.33. The summed E-state index contributed by atoms with van der Waals surface area (Å²) in [5.41, 5.74) is 3.28. The molecule has 2 amide bonds. The molecule has 1 aliphatic heterocycles. The second-order valence-electron chi connectivity index (χ2n) is 8.72. The SMILES string of the molecule is COc1ccccc1NC(=O)N1CCCN(Cc2cc3cc(-c4cccc(F)c4)ccc3o2)CC1. The molecule has 0 saturated carbocycles. The van der Waals surface area contributed by atoms with Crippen molar-refractivity contribution in [2.24, 2.45) is 0 Å². The molecule has 5 rings (SSSR count). The summed E-state index contributed by atoms with van der Waals surface area (Å²) >= 11 is 0. The van der Waals surface area contributed by atoms with Crippen LogP contribution in [0.1, 0.15) is 12.2 Å². The summed E-state index contributed by atoms with van der Waals surface area (Å²) in [5.74, 6) is 1.27. The minimum absolute atomic E-state index is 0.120. The Bertz CT molecular complexity index is 1340. The van der Waals surface area contributed by atoms with Gasteiger partial charge >= 0.3 is 6.03 Å². The van der Waals surface area contributed by atoms with Crippen molar-refractivity contribution in [2.75, 3.05) is 38.6 Å². The number of carbonyl (C=O) groups is 1. The van der Waals surface area contributed by atoms with E-state index in [0.29, 0.717) is 31.1 Å². The molecule has 6 nitrogen and oxygen atoms in total. The Kier molecular flexibility index (Phi) is 6.68. The van der Waals surface area contributed by atoms with E-state index in [0.717, 1.165) is 47.4 Å². The van der Waals surface area contributed by atoms with E-state index in [9.17, 15) is 9.18 Å². The highest BCUT2D eigenvalue weighted by molar-refractivity contribution is 5.91. The van der Waals surface area contributed by atoms with Gasteiger partial charge in [0.05, 0.1) is 19.3 Å². The first-order valence-electron chi connectivity index (χ1n) is 11.8. The van der Waals surface area contributed by atoms with Crippen molar-refractivity contribution in [3.63, 3.8) is 0 Å². The van der Waals surface area contributed by atoms with E-state index in [1.807, 2.05) is 53.4 Å². The van der Waals surface area contributed by atoms with E-state index in [-0.39, 0.29) is 11.8 Å². The van der Waals surface area contributed by atoms with Crippen molar-refractivity contribution in [3.8, 4) is 16.9 Å². The number of ether oxygens (including phenoxy) is 1. The average Bonchev–Trinajstić information content (AvgIpc) is 3.12. The van der Waals surface area contributed by atoms with Gasteiger partial charge in [0.25, 0.3) is 0 Å². The third-order valence-electron chi connectivity index (χ3n) is 6.33. The number of nitrogens with one attached hydrogen (secondary N) is 1. The van der Waals surface area contributed by atoms with Gasteiger partial charge in [-0.2, -0.15) is 0 Å². The number of furan rings is 1. The number of amides is 2. The number of nitrogens with zero attached hydrogens (tertiary/aromatic N) is 2. The third kappa shape index (κ3) is 5.30. The monoisotopic (exact) mass is 473 g/mol. The molecule has 1 fully saturated rings. The molecule has 180 valence electrons. The number of rotatable bonds is 5. The molecule has 0 unspecified atom stereocenters. The summed E-state index contributed by atoms with van der Waals surface area (Å²) in [6.07, 6.45) is 0.878. The number of urea groups is 1. The van der Waals surface area contributed by atoms with Crippen molar-refractivity contribution in [2.45, 2.75) is 13.0 Å². The lowest BCUT2D eigenvalue weighted by atomic mass is 10.0. The lowest BCUT2D eigenvalue weighted by Crippen LogP contribution is -2.38. The van der Waals surface area contributed by atoms with E-state index in [4.69, 9.17) is 9.15 Å². The summed E-state index contributed by atoms with van der Waals surface area (Å²) in [5, 5.41) is 3.96. The number of halogens is 1. The number of carbonyl (C=O) groups excluding carboxylic acids is 1. The zero-order chi connectivity index (χ0) is 24.2. The van der Waals surface area contributed by atoms with Gasteiger partial charge in [0, 0.05) is 31.6 Å². The molecule has 4 aromatic rings. The van der Waals surface area contributed by atoms with Crippen molar-refractivity contribution in [1.29, 1.82) is 0 Å². The van der Waals surface area contributed by atoms with E-state index < -0.39 is 0 Å². The highest BCUT2D eigenvalue weighted by atomic mass is 19.1. The Morgan fingerprint density at radius 3 is 2.69 bits per heavy atom. The normalized spacial score (nSPS) is 14.6. The lowest BCUT2D eigenvalue weighted by Gasteiger charge is -2.22. The van der Waals surface area contributed by atoms with E-state index >= 15 is 0 Å². The minimum Gasteiger partial charge on any atom is -0.495 e. The van der Waals surface area contributed by atoms with Crippen LogP contribution in [0, 0.1) is 5.82 Å². The number of fused-ring (bicyclic) bond motifs is 1. The molecule has 1 aromatic heterocycles. The maximum Gasteiger partial charge on any atom is 0.321 e. The van der Waals surface area contributed by atoms with Crippen molar-refractivity contribution >= 4 is 22.7 Å². The second kappa shape index (κ2) is 10.2. The zero-order valence-electron chi connectivity index (χ0n) is 19.7. The van der Waals surface area contributed by atoms with Crippen LogP contribution in [0.3, 0.4) is 0 Å². The summed E-state index contributed by atoms with van der Waals surface area (Å²) in [7, 11) is 1.59. The Hall–Kier alpha value is -3.84. The Balaban J connectivity index is 1.22. The van der Waals surface area contributed by atoms with E-state index in [2.05, 4.69) is 16.3 Å². The predicted octanol–water partition coefficient (Wildman–Crippen LogP) is 5.99. The topological polar surface area (TPSA) is 58.0 Å². The van der Waals surface area contributed by atoms with Crippen LogP contribution in [-0.2, 0) is 6.54 Å². The lowest BCUT2D eigenvalue weighted by molar-refractivity contribution is 0.209. The van der Waals surface area contributed by atoms with Gasteiger partial charge in [0.15, 0.2) is 0 Å². The van der Waals surface area contributed by atoms with Crippen molar-refractivity contribution < 1.29 is 18.3 Å². The maximum absolute atomic E-state index is 13.6. The van der Waals surface area contributed by atoms with Gasteiger partial charge < -0.3 is 19.4 Å². The predicted molar refractivity (Wildman–Crippen MR) is 135 cm³/mol. The van der Waals surface area contributed by atoms with Crippen LogP contribution in [0.5, 0.6) is 5.75 Å². The Morgan fingerprint density at radius 2 is 1.83 bits per heavy atom. The minimum atomic E-state index is -0.248. The van der Waals surface area contributed by atoms with Gasteiger partial charge in [-0.25, -0.2) is 9.18 Å². The fourth-order valence-electron chi connectivity index (χ4n) is 4.52. The summed E-state index contributed by atoms with van der Waals surface area (Å²) < 4.78 is 25.0. The van der Waals surface area contributed by atoms with Gasteiger partial charge in [-0.15, -0.1) is 0 Å². The quantitative estimate of drug-likeness (QED) is 0.387. The highest BCUT2D eigenvalue weighted by Crippen LogP contribution is 2.28. The molecule has 35 heavy (non-hydrogen) atoms. The second-order valence-corrected chi connectivity index (χ2v) is 8.72. The smallest absolute Gasteiger partial charge is 0.321 e. The molecule has 0 radical (unpaired) electrons. The summed E-state index contributed by atoms with van der Waals surface area (Å²) in [6, 6.07) is 21.9. The van der Waals surface area contributed by atoms with Crippen molar-refractivity contribution in [3.05, 3.63) is 84.4 Å². The molecule has 1 N–H and O–H groups in total. The number of methoxy groups -OCH3 is 1. The first kappa shape index (κ1) is 22.9. The van der Waals surface area contributed by atoms with Gasteiger partial charge in [-0.05, 0) is 60.0 Å². The first-order chi connectivity index (χ1) is 17.1. The van der Waals surface area contributed by atoms with Crippen LogP contribution in [0.2, 0.25) is 0 Å². The molecule has 1 saturated heterocycles. The number of anilines is 1. The average molecular weight is 474 g/mol. The van der Waals surface area contributed by atoms with Crippen LogP contribution in [-0.4, -0.2) is 49.1 Å². The zero-order valence-corrected chi connectivity index (χ0v) is 19.7. The van der Waals surface area contributed by atoms with E-state index in [1.54, 1.807) is 13.2 Å².